The molecule has 17 heavy (non-hydrogen) atoms. The van der Waals surface area contributed by atoms with Crippen LogP contribution in [0, 0.1) is 9.49 Å². The van der Waals surface area contributed by atoms with Crippen molar-refractivity contribution in [2.24, 2.45) is 11.8 Å². The van der Waals surface area contributed by atoms with Crippen molar-refractivity contribution >= 4 is 34.2 Å². The van der Waals surface area contributed by atoms with Crippen molar-refractivity contribution in [3.63, 3.8) is 0 Å². The van der Waals surface area contributed by atoms with Crippen LogP contribution in [-0.2, 0) is 0 Å². The number of hydrazine groups is 1. The van der Waals surface area contributed by atoms with Gasteiger partial charge in [0.1, 0.15) is 0 Å². The molecule has 1 saturated carbocycles. The molecule has 2 nitrogen and oxygen atoms in total. The van der Waals surface area contributed by atoms with Crippen molar-refractivity contribution in [3.8, 4) is 0 Å². The summed E-state index contributed by atoms with van der Waals surface area (Å²) in [4.78, 5) is 0. The first-order valence-electron chi connectivity index (χ1n) is 6.12. The first-order chi connectivity index (χ1) is 8.20. The fourth-order valence-electron chi connectivity index (χ4n) is 2.65. The van der Waals surface area contributed by atoms with Gasteiger partial charge in [0.2, 0.25) is 0 Å². The Labute approximate surface area is 121 Å². The summed E-state index contributed by atoms with van der Waals surface area (Å²) in [5.41, 5.74) is 4.18. The number of hydrogen-bond donors (Lipinski definition) is 2. The molecule has 0 radical (unpaired) electrons. The molecule has 3 N–H and O–H groups in total. The van der Waals surface area contributed by atoms with E-state index in [1.165, 1.54) is 34.8 Å². The SMILES string of the molecule is NNC(CC1CCCC1)c1cc(Cl)ccc1I. The van der Waals surface area contributed by atoms with E-state index in [1.54, 1.807) is 0 Å². The molecule has 0 bridgehead atoms. The topological polar surface area (TPSA) is 38.0 Å². The highest BCUT2D eigenvalue weighted by Crippen LogP contribution is 2.34. The lowest BCUT2D eigenvalue weighted by Gasteiger charge is -2.21. The molecule has 1 aliphatic carbocycles. The zero-order valence-corrected chi connectivity index (χ0v) is 12.7. The number of rotatable bonds is 4. The van der Waals surface area contributed by atoms with Crippen molar-refractivity contribution in [1.29, 1.82) is 0 Å². The number of hydrogen-bond acceptors (Lipinski definition) is 2. The van der Waals surface area contributed by atoms with Gasteiger partial charge in [0.15, 0.2) is 0 Å². The Kier molecular flexibility index (Phi) is 5.09. The number of nitrogens with one attached hydrogen (secondary N) is 1. The molecule has 1 aromatic carbocycles. The van der Waals surface area contributed by atoms with Gasteiger partial charge in [0.25, 0.3) is 0 Å². The average molecular weight is 365 g/mol. The smallest absolute Gasteiger partial charge is 0.0473 e. The quantitative estimate of drug-likeness (QED) is 0.481. The van der Waals surface area contributed by atoms with Crippen molar-refractivity contribution in [1.82, 2.24) is 5.43 Å². The maximum Gasteiger partial charge on any atom is 0.0473 e. The Morgan fingerprint density at radius 2 is 2.12 bits per heavy atom. The van der Waals surface area contributed by atoms with Crippen LogP contribution in [0.4, 0.5) is 0 Å². The van der Waals surface area contributed by atoms with Gasteiger partial charge in [-0.3, -0.25) is 11.3 Å². The highest BCUT2D eigenvalue weighted by molar-refractivity contribution is 14.1. The number of nitrogens with two attached hydrogens (primary N) is 1. The van der Waals surface area contributed by atoms with E-state index in [1.807, 2.05) is 12.1 Å². The predicted octanol–water partition coefficient (Wildman–Crippen LogP) is 4.03. The maximum atomic E-state index is 6.06. The van der Waals surface area contributed by atoms with Gasteiger partial charge in [-0.2, -0.15) is 0 Å². The second kappa shape index (κ2) is 6.36. The molecule has 94 valence electrons. The molecule has 0 aromatic heterocycles. The Hall–Kier alpha value is 0.160. The molecule has 1 atom stereocenters. The van der Waals surface area contributed by atoms with Crippen molar-refractivity contribution < 1.29 is 0 Å². The summed E-state index contributed by atoms with van der Waals surface area (Å²) in [5.74, 6) is 6.52. The lowest BCUT2D eigenvalue weighted by Crippen LogP contribution is -2.30. The minimum Gasteiger partial charge on any atom is -0.271 e. The van der Waals surface area contributed by atoms with Crippen LogP contribution in [0.15, 0.2) is 18.2 Å². The Morgan fingerprint density at radius 3 is 2.76 bits per heavy atom. The maximum absolute atomic E-state index is 6.06. The Bertz CT molecular complexity index is 378. The highest BCUT2D eigenvalue weighted by Gasteiger charge is 2.22. The zero-order chi connectivity index (χ0) is 12.3. The van der Waals surface area contributed by atoms with Crippen molar-refractivity contribution in [3.05, 3.63) is 32.4 Å². The predicted molar refractivity (Wildman–Crippen MR) is 80.8 cm³/mol. The van der Waals surface area contributed by atoms with Crippen LogP contribution in [0.3, 0.4) is 0 Å². The molecule has 1 aliphatic rings. The fourth-order valence-corrected chi connectivity index (χ4v) is 3.54. The second-order valence-corrected chi connectivity index (χ2v) is 6.37. The third kappa shape index (κ3) is 3.56. The Morgan fingerprint density at radius 1 is 1.41 bits per heavy atom. The molecular weight excluding hydrogens is 347 g/mol. The van der Waals surface area contributed by atoms with E-state index in [0.717, 1.165) is 17.4 Å². The van der Waals surface area contributed by atoms with Gasteiger partial charge in [-0.15, -0.1) is 0 Å². The molecule has 0 spiro atoms. The third-order valence-electron chi connectivity index (χ3n) is 3.58. The van der Waals surface area contributed by atoms with Crippen molar-refractivity contribution in [2.45, 2.75) is 38.1 Å². The van der Waals surface area contributed by atoms with E-state index in [4.69, 9.17) is 17.4 Å². The molecule has 0 saturated heterocycles. The minimum absolute atomic E-state index is 0.226. The summed E-state index contributed by atoms with van der Waals surface area (Å²) in [6, 6.07) is 6.24. The first kappa shape index (κ1) is 13.6. The summed E-state index contributed by atoms with van der Waals surface area (Å²) in [6.07, 6.45) is 6.54. The third-order valence-corrected chi connectivity index (χ3v) is 4.80. The molecule has 4 heteroatoms. The number of benzene rings is 1. The summed E-state index contributed by atoms with van der Waals surface area (Å²) < 4.78 is 1.23. The Balaban J connectivity index is 2.13. The summed E-state index contributed by atoms with van der Waals surface area (Å²) in [5, 5.41) is 0.784. The molecule has 2 rings (SSSR count). The van der Waals surface area contributed by atoms with Crippen molar-refractivity contribution in [2.75, 3.05) is 0 Å². The molecular formula is C13H18ClIN2. The molecule has 0 aliphatic heterocycles. The molecule has 0 heterocycles. The van der Waals surface area contributed by atoms with Crippen LogP contribution in [-0.4, -0.2) is 0 Å². The lowest BCUT2D eigenvalue weighted by atomic mass is 9.94. The largest absolute Gasteiger partial charge is 0.271 e. The zero-order valence-electron chi connectivity index (χ0n) is 9.76. The molecule has 1 unspecified atom stereocenters. The van der Waals surface area contributed by atoms with Gasteiger partial charge in [-0.25, -0.2) is 0 Å². The van der Waals surface area contributed by atoms with E-state index < -0.39 is 0 Å². The van der Waals surface area contributed by atoms with E-state index >= 15 is 0 Å². The lowest BCUT2D eigenvalue weighted by molar-refractivity contribution is 0.399. The van der Waals surface area contributed by atoms with Crippen LogP contribution in [0.25, 0.3) is 0 Å². The minimum atomic E-state index is 0.226. The monoisotopic (exact) mass is 364 g/mol. The standard InChI is InChI=1S/C13H18ClIN2/c14-10-5-6-12(15)11(8-10)13(17-16)7-9-3-1-2-4-9/h5-6,8-9,13,17H,1-4,7,16H2. The van der Waals surface area contributed by atoms with Gasteiger partial charge in [-0.05, 0) is 58.7 Å². The highest BCUT2D eigenvalue weighted by atomic mass is 127. The van der Waals surface area contributed by atoms with Crippen LogP contribution < -0.4 is 11.3 Å². The molecule has 0 amide bonds. The fraction of sp³-hybridized carbons (Fsp3) is 0.538. The summed E-state index contributed by atoms with van der Waals surface area (Å²) >= 11 is 8.41. The van der Waals surface area contributed by atoms with E-state index in [0.29, 0.717) is 0 Å². The van der Waals surface area contributed by atoms with Crippen LogP contribution >= 0.6 is 34.2 Å². The van der Waals surface area contributed by atoms with Gasteiger partial charge >= 0.3 is 0 Å². The van der Waals surface area contributed by atoms with Gasteiger partial charge < -0.3 is 0 Å². The molecule has 1 aromatic rings. The summed E-state index contributed by atoms with van der Waals surface area (Å²) in [7, 11) is 0. The van der Waals surface area contributed by atoms with Crippen LogP contribution in [0.2, 0.25) is 5.02 Å². The number of halogens is 2. The van der Waals surface area contributed by atoms with Gasteiger partial charge in [0.05, 0.1) is 0 Å². The van der Waals surface area contributed by atoms with Crippen LogP contribution in [0.5, 0.6) is 0 Å². The second-order valence-electron chi connectivity index (χ2n) is 4.77. The first-order valence-corrected chi connectivity index (χ1v) is 7.57. The average Bonchev–Trinajstić information content (AvgIpc) is 2.82. The van der Waals surface area contributed by atoms with E-state index in [-0.39, 0.29) is 6.04 Å². The van der Waals surface area contributed by atoms with Crippen LogP contribution in [0.1, 0.15) is 43.7 Å². The van der Waals surface area contributed by atoms with Gasteiger partial charge in [0, 0.05) is 14.6 Å². The van der Waals surface area contributed by atoms with E-state index in [2.05, 4.69) is 34.1 Å². The van der Waals surface area contributed by atoms with E-state index in [9.17, 15) is 0 Å². The normalized spacial score (nSPS) is 18.5. The molecule has 1 fully saturated rings. The van der Waals surface area contributed by atoms with Gasteiger partial charge in [-0.1, -0.05) is 37.3 Å². The summed E-state index contributed by atoms with van der Waals surface area (Å²) in [6.45, 7) is 0.